The third kappa shape index (κ3) is 4.52. The van der Waals surface area contributed by atoms with E-state index in [1.54, 1.807) is 30.4 Å². The zero-order chi connectivity index (χ0) is 13.5. The van der Waals surface area contributed by atoms with Gasteiger partial charge in [-0.25, -0.2) is 4.79 Å². The lowest BCUT2D eigenvalue weighted by atomic mass is 10.1. The molecule has 2 rings (SSSR count). The van der Waals surface area contributed by atoms with Gasteiger partial charge >= 0.3 is 6.03 Å². The number of rotatable bonds is 4. The van der Waals surface area contributed by atoms with Crippen LogP contribution in [0.25, 0.3) is 0 Å². The zero-order valence-electron chi connectivity index (χ0n) is 11.3. The summed E-state index contributed by atoms with van der Waals surface area (Å²) >= 11 is 0. The van der Waals surface area contributed by atoms with Crippen molar-refractivity contribution in [3.63, 3.8) is 0 Å². The number of carbonyl (C=O) groups excluding carboxylic acids is 1. The van der Waals surface area contributed by atoms with Crippen LogP contribution in [0, 0.1) is 0 Å². The monoisotopic (exact) mass is 263 g/mol. The van der Waals surface area contributed by atoms with E-state index in [0.717, 1.165) is 25.9 Å². The fourth-order valence-electron chi connectivity index (χ4n) is 2.13. The van der Waals surface area contributed by atoms with Gasteiger partial charge in [-0.3, -0.25) is 4.98 Å². The number of nitrogens with one attached hydrogen (secondary N) is 1. The number of ether oxygens (including phenoxy) is 1. The van der Waals surface area contributed by atoms with E-state index in [4.69, 9.17) is 4.74 Å². The molecule has 1 N–H and O–H groups in total. The third-order valence-corrected chi connectivity index (χ3v) is 3.32. The molecule has 2 heterocycles. The van der Waals surface area contributed by atoms with Gasteiger partial charge in [-0.1, -0.05) is 0 Å². The van der Waals surface area contributed by atoms with Crippen LogP contribution >= 0.6 is 0 Å². The van der Waals surface area contributed by atoms with Crippen LogP contribution in [0.15, 0.2) is 24.5 Å². The van der Waals surface area contributed by atoms with E-state index < -0.39 is 0 Å². The van der Waals surface area contributed by atoms with E-state index in [9.17, 15) is 4.79 Å². The Labute approximate surface area is 114 Å². The molecular formula is C14H21N3O2. The first-order valence-electron chi connectivity index (χ1n) is 6.79. The molecule has 1 saturated heterocycles. The topological polar surface area (TPSA) is 54.5 Å². The number of pyridine rings is 1. The minimum Gasteiger partial charge on any atom is -0.378 e. The molecule has 19 heavy (non-hydrogen) atoms. The molecule has 2 amide bonds. The molecule has 5 heteroatoms. The SMILES string of the molecule is CN(CC[C@@H]1CCCCO1)C(=O)Nc1cccnc1. The zero-order valence-corrected chi connectivity index (χ0v) is 11.3. The lowest BCUT2D eigenvalue weighted by Gasteiger charge is -2.25. The lowest BCUT2D eigenvalue weighted by molar-refractivity contribution is 0.00848. The van der Waals surface area contributed by atoms with Crippen LogP contribution in [0.4, 0.5) is 10.5 Å². The summed E-state index contributed by atoms with van der Waals surface area (Å²) in [4.78, 5) is 17.6. The molecule has 1 fully saturated rings. The van der Waals surface area contributed by atoms with Crippen LogP contribution in [0.3, 0.4) is 0 Å². The van der Waals surface area contributed by atoms with E-state index in [-0.39, 0.29) is 6.03 Å². The Morgan fingerprint density at radius 2 is 2.47 bits per heavy atom. The Bertz CT molecular complexity index is 391. The molecule has 0 aliphatic carbocycles. The maximum atomic E-state index is 11.9. The van der Waals surface area contributed by atoms with Crippen molar-refractivity contribution >= 4 is 11.7 Å². The fourth-order valence-corrected chi connectivity index (χ4v) is 2.13. The van der Waals surface area contributed by atoms with Crippen LogP contribution in [0.1, 0.15) is 25.7 Å². The molecule has 5 nitrogen and oxygen atoms in total. The van der Waals surface area contributed by atoms with Gasteiger partial charge in [0.1, 0.15) is 0 Å². The Kier molecular flexibility index (Phi) is 5.15. The predicted octanol–water partition coefficient (Wildman–Crippen LogP) is 2.50. The molecule has 0 radical (unpaired) electrons. The molecule has 1 atom stereocenters. The second-order valence-electron chi connectivity index (χ2n) is 4.87. The highest BCUT2D eigenvalue weighted by Gasteiger charge is 2.16. The summed E-state index contributed by atoms with van der Waals surface area (Å²) in [6.07, 6.45) is 8.02. The first kappa shape index (κ1) is 13.8. The average molecular weight is 263 g/mol. The molecule has 0 unspecified atom stereocenters. The first-order chi connectivity index (χ1) is 9.25. The summed E-state index contributed by atoms with van der Waals surface area (Å²) in [6.45, 7) is 1.56. The quantitative estimate of drug-likeness (QED) is 0.908. The first-order valence-corrected chi connectivity index (χ1v) is 6.79. The summed E-state index contributed by atoms with van der Waals surface area (Å²) < 4.78 is 5.66. The second-order valence-corrected chi connectivity index (χ2v) is 4.87. The third-order valence-electron chi connectivity index (χ3n) is 3.32. The van der Waals surface area contributed by atoms with Crippen molar-refractivity contribution in [1.29, 1.82) is 0 Å². The van der Waals surface area contributed by atoms with Gasteiger partial charge in [0.15, 0.2) is 0 Å². The highest BCUT2D eigenvalue weighted by Crippen LogP contribution is 2.15. The molecule has 0 bridgehead atoms. The van der Waals surface area contributed by atoms with E-state index >= 15 is 0 Å². The lowest BCUT2D eigenvalue weighted by Crippen LogP contribution is -2.34. The van der Waals surface area contributed by atoms with Crippen molar-refractivity contribution < 1.29 is 9.53 Å². The minimum atomic E-state index is -0.108. The molecular weight excluding hydrogens is 242 g/mol. The largest absolute Gasteiger partial charge is 0.378 e. The van der Waals surface area contributed by atoms with Crippen LogP contribution < -0.4 is 5.32 Å². The predicted molar refractivity (Wildman–Crippen MR) is 74.1 cm³/mol. The maximum Gasteiger partial charge on any atom is 0.321 e. The highest BCUT2D eigenvalue weighted by molar-refractivity contribution is 5.88. The number of amides is 2. The summed E-state index contributed by atoms with van der Waals surface area (Å²) in [5.74, 6) is 0. The number of nitrogens with zero attached hydrogens (tertiary/aromatic N) is 2. The van der Waals surface area contributed by atoms with Gasteiger partial charge in [0.25, 0.3) is 0 Å². The molecule has 1 aliphatic heterocycles. The normalized spacial score (nSPS) is 18.9. The van der Waals surface area contributed by atoms with E-state index in [2.05, 4.69) is 10.3 Å². The van der Waals surface area contributed by atoms with Gasteiger partial charge in [-0.05, 0) is 37.8 Å². The highest BCUT2D eigenvalue weighted by atomic mass is 16.5. The molecule has 0 spiro atoms. The fraction of sp³-hybridized carbons (Fsp3) is 0.571. The Morgan fingerprint density at radius 1 is 1.58 bits per heavy atom. The van der Waals surface area contributed by atoms with Crippen molar-refractivity contribution in [3.8, 4) is 0 Å². The molecule has 0 saturated carbocycles. The van der Waals surface area contributed by atoms with Gasteiger partial charge in [-0.15, -0.1) is 0 Å². The van der Waals surface area contributed by atoms with Crippen LogP contribution in [0.5, 0.6) is 0 Å². The molecule has 1 aliphatic rings. The van der Waals surface area contributed by atoms with Gasteiger partial charge < -0.3 is 15.0 Å². The van der Waals surface area contributed by atoms with Gasteiger partial charge in [0, 0.05) is 26.4 Å². The summed E-state index contributed by atoms with van der Waals surface area (Å²) in [6, 6.07) is 3.51. The Hall–Kier alpha value is -1.62. The van der Waals surface area contributed by atoms with E-state index in [0.29, 0.717) is 18.3 Å². The Balaban J connectivity index is 1.73. The molecule has 0 aromatic carbocycles. The number of aromatic nitrogens is 1. The Morgan fingerprint density at radius 3 is 3.16 bits per heavy atom. The van der Waals surface area contributed by atoms with Crippen molar-refractivity contribution in [2.24, 2.45) is 0 Å². The minimum absolute atomic E-state index is 0.108. The van der Waals surface area contributed by atoms with Gasteiger partial charge in [-0.2, -0.15) is 0 Å². The maximum absolute atomic E-state index is 11.9. The molecule has 1 aromatic heterocycles. The van der Waals surface area contributed by atoms with Crippen LogP contribution in [0.2, 0.25) is 0 Å². The van der Waals surface area contributed by atoms with Crippen LogP contribution in [-0.4, -0.2) is 42.2 Å². The molecule has 104 valence electrons. The van der Waals surface area contributed by atoms with E-state index in [1.165, 1.54) is 6.42 Å². The second kappa shape index (κ2) is 7.09. The number of hydrogen-bond donors (Lipinski definition) is 1. The van der Waals surface area contributed by atoms with Crippen molar-refractivity contribution in [2.45, 2.75) is 31.8 Å². The summed E-state index contributed by atoms with van der Waals surface area (Å²) in [5.41, 5.74) is 0.716. The van der Waals surface area contributed by atoms with Crippen molar-refractivity contribution in [2.75, 3.05) is 25.5 Å². The average Bonchev–Trinajstić information content (AvgIpc) is 2.47. The van der Waals surface area contributed by atoms with Crippen molar-refractivity contribution in [1.82, 2.24) is 9.88 Å². The van der Waals surface area contributed by atoms with Crippen LogP contribution in [-0.2, 0) is 4.74 Å². The number of carbonyl (C=O) groups is 1. The molecule has 1 aromatic rings. The van der Waals surface area contributed by atoms with Crippen molar-refractivity contribution in [3.05, 3.63) is 24.5 Å². The number of urea groups is 1. The number of hydrogen-bond acceptors (Lipinski definition) is 3. The summed E-state index contributed by atoms with van der Waals surface area (Å²) in [7, 11) is 1.80. The number of anilines is 1. The smallest absolute Gasteiger partial charge is 0.321 e. The van der Waals surface area contributed by atoms with Gasteiger partial charge in [0.2, 0.25) is 0 Å². The summed E-state index contributed by atoms with van der Waals surface area (Å²) in [5, 5.41) is 2.81. The van der Waals surface area contributed by atoms with Gasteiger partial charge in [0.05, 0.1) is 18.0 Å². The van der Waals surface area contributed by atoms with E-state index in [1.807, 2.05) is 6.07 Å². The standard InChI is InChI=1S/C14H21N3O2/c1-17(9-7-13-6-2-3-10-19-13)14(18)16-12-5-4-8-15-11-12/h4-5,8,11,13H,2-3,6-7,9-10H2,1H3,(H,16,18)/t13-/m0/s1.